The second kappa shape index (κ2) is 10.2. The summed E-state index contributed by atoms with van der Waals surface area (Å²) in [4.78, 5) is 30.4. The number of amides is 2. The summed E-state index contributed by atoms with van der Waals surface area (Å²) in [5, 5.41) is 0. The van der Waals surface area contributed by atoms with Gasteiger partial charge in [-0.05, 0) is 50.8 Å². The van der Waals surface area contributed by atoms with Crippen molar-refractivity contribution in [2.45, 2.75) is 83.8 Å². The fourth-order valence-corrected chi connectivity index (χ4v) is 4.68. The van der Waals surface area contributed by atoms with Gasteiger partial charge in [-0.25, -0.2) is 0 Å². The maximum absolute atomic E-state index is 13.7. The Morgan fingerprint density at radius 3 is 2.37 bits per heavy atom. The summed E-state index contributed by atoms with van der Waals surface area (Å²) in [6.45, 7) is 6.78. The Balaban J connectivity index is 1.95. The van der Waals surface area contributed by atoms with E-state index in [9.17, 15) is 9.59 Å². The molecule has 0 spiro atoms. The molecule has 1 aromatic carbocycles. The van der Waals surface area contributed by atoms with Crippen LogP contribution in [0.3, 0.4) is 0 Å². The summed E-state index contributed by atoms with van der Waals surface area (Å²) in [6, 6.07) is 5.08. The van der Waals surface area contributed by atoms with Crippen molar-refractivity contribution < 1.29 is 19.1 Å². The van der Waals surface area contributed by atoms with Gasteiger partial charge in [-0.3, -0.25) is 9.59 Å². The van der Waals surface area contributed by atoms with Crippen LogP contribution in [-0.4, -0.2) is 54.0 Å². The highest BCUT2D eigenvalue weighted by Crippen LogP contribution is 2.37. The molecule has 0 aromatic heterocycles. The Kier molecular flexibility index (Phi) is 7.62. The van der Waals surface area contributed by atoms with Gasteiger partial charge >= 0.3 is 0 Å². The van der Waals surface area contributed by atoms with Gasteiger partial charge in [-0.2, -0.15) is 0 Å². The molecule has 2 fully saturated rings. The maximum Gasteiger partial charge on any atom is 0.250 e. The van der Waals surface area contributed by atoms with Gasteiger partial charge in [0.2, 0.25) is 5.91 Å². The minimum absolute atomic E-state index is 0.0177. The Labute approximate surface area is 180 Å². The highest BCUT2D eigenvalue weighted by atomic mass is 16.5. The molecule has 30 heavy (non-hydrogen) atoms. The number of ether oxygens (including phenoxy) is 2. The molecule has 6 heteroatoms. The highest BCUT2D eigenvalue weighted by molar-refractivity contribution is 5.96. The van der Waals surface area contributed by atoms with Crippen molar-refractivity contribution in [3.05, 3.63) is 23.8 Å². The smallest absolute Gasteiger partial charge is 0.250 e. The van der Waals surface area contributed by atoms with Crippen molar-refractivity contribution in [1.29, 1.82) is 0 Å². The van der Waals surface area contributed by atoms with E-state index < -0.39 is 6.04 Å². The fraction of sp³-hybridized carbons (Fsp3) is 0.667. The first kappa shape index (κ1) is 22.4. The van der Waals surface area contributed by atoms with Crippen LogP contribution in [0.2, 0.25) is 0 Å². The zero-order valence-corrected chi connectivity index (χ0v) is 18.9. The standard InChI is InChI=1S/C24H36N2O4/c1-5-14-30-20-13-12-18(15-21(20)29-4)23-24(28)25(16-22(27)26(23)17(2)3)19-10-8-6-7-9-11-19/h12-13,15,17,19,23H,5-11,14,16H2,1-4H3/t23-/m0/s1. The Morgan fingerprint density at radius 2 is 1.77 bits per heavy atom. The van der Waals surface area contributed by atoms with E-state index in [1.807, 2.05) is 36.9 Å². The average Bonchev–Trinajstić information content (AvgIpc) is 3.02. The van der Waals surface area contributed by atoms with E-state index in [0.717, 1.165) is 37.7 Å². The lowest BCUT2D eigenvalue weighted by Gasteiger charge is -2.45. The van der Waals surface area contributed by atoms with Gasteiger partial charge in [0, 0.05) is 12.1 Å². The number of benzene rings is 1. The number of hydrogen-bond donors (Lipinski definition) is 0. The van der Waals surface area contributed by atoms with E-state index in [1.54, 1.807) is 12.0 Å². The molecule has 1 aliphatic heterocycles. The van der Waals surface area contributed by atoms with Crippen molar-refractivity contribution in [2.75, 3.05) is 20.3 Å². The van der Waals surface area contributed by atoms with E-state index in [2.05, 4.69) is 6.92 Å². The van der Waals surface area contributed by atoms with E-state index in [0.29, 0.717) is 18.1 Å². The predicted octanol–water partition coefficient (Wildman–Crippen LogP) is 4.33. The largest absolute Gasteiger partial charge is 0.493 e. The molecule has 3 rings (SSSR count). The number of hydrogen-bond acceptors (Lipinski definition) is 4. The number of methoxy groups -OCH3 is 1. The fourth-order valence-electron chi connectivity index (χ4n) is 4.68. The van der Waals surface area contributed by atoms with Gasteiger partial charge in [0.15, 0.2) is 11.5 Å². The lowest BCUT2D eigenvalue weighted by molar-refractivity contribution is -0.160. The summed E-state index contributed by atoms with van der Waals surface area (Å²) in [7, 11) is 1.60. The zero-order chi connectivity index (χ0) is 21.7. The lowest BCUT2D eigenvalue weighted by atomic mass is 9.96. The summed E-state index contributed by atoms with van der Waals surface area (Å²) in [5.41, 5.74) is 0.779. The zero-order valence-electron chi connectivity index (χ0n) is 18.9. The average molecular weight is 417 g/mol. The summed E-state index contributed by atoms with van der Waals surface area (Å²) >= 11 is 0. The Hall–Kier alpha value is -2.24. The van der Waals surface area contributed by atoms with Crippen LogP contribution >= 0.6 is 0 Å². The first-order valence-electron chi connectivity index (χ1n) is 11.4. The number of carbonyl (C=O) groups is 2. The Morgan fingerprint density at radius 1 is 1.07 bits per heavy atom. The van der Waals surface area contributed by atoms with Gasteiger partial charge in [-0.15, -0.1) is 0 Å². The van der Waals surface area contributed by atoms with Crippen molar-refractivity contribution in [2.24, 2.45) is 0 Å². The SMILES string of the molecule is CCCOc1ccc([C@H]2C(=O)N(C3CCCCCC3)CC(=O)N2C(C)C)cc1OC. The van der Waals surface area contributed by atoms with E-state index in [4.69, 9.17) is 9.47 Å². The predicted molar refractivity (Wildman–Crippen MR) is 117 cm³/mol. The van der Waals surface area contributed by atoms with Crippen LogP contribution < -0.4 is 9.47 Å². The molecule has 1 atom stereocenters. The quantitative estimate of drug-likeness (QED) is 0.621. The number of piperazine rings is 1. The summed E-state index contributed by atoms with van der Waals surface area (Å²) < 4.78 is 11.3. The van der Waals surface area contributed by atoms with Gasteiger partial charge < -0.3 is 19.3 Å². The van der Waals surface area contributed by atoms with Gasteiger partial charge in [0.25, 0.3) is 5.91 Å². The highest BCUT2D eigenvalue weighted by Gasteiger charge is 2.44. The van der Waals surface area contributed by atoms with Crippen molar-refractivity contribution >= 4 is 11.8 Å². The molecule has 1 saturated heterocycles. The van der Waals surface area contributed by atoms with Crippen LogP contribution in [0.15, 0.2) is 18.2 Å². The molecule has 1 aromatic rings. The molecule has 0 bridgehead atoms. The van der Waals surface area contributed by atoms with Crippen LogP contribution in [0.25, 0.3) is 0 Å². The van der Waals surface area contributed by atoms with E-state index >= 15 is 0 Å². The van der Waals surface area contributed by atoms with Gasteiger partial charge in [-0.1, -0.05) is 38.7 Å². The molecule has 1 saturated carbocycles. The topological polar surface area (TPSA) is 59.1 Å². The van der Waals surface area contributed by atoms with Crippen LogP contribution in [0, 0.1) is 0 Å². The van der Waals surface area contributed by atoms with Crippen LogP contribution in [0.1, 0.15) is 77.3 Å². The van der Waals surface area contributed by atoms with E-state index in [1.165, 1.54) is 12.8 Å². The minimum atomic E-state index is -0.622. The molecule has 0 unspecified atom stereocenters. The molecule has 2 aliphatic rings. The third-order valence-corrected chi connectivity index (χ3v) is 6.18. The molecule has 1 heterocycles. The molecule has 166 valence electrons. The Bertz CT molecular complexity index is 741. The van der Waals surface area contributed by atoms with Gasteiger partial charge in [0.1, 0.15) is 12.6 Å². The van der Waals surface area contributed by atoms with Crippen molar-refractivity contribution in [1.82, 2.24) is 9.80 Å². The molecule has 2 amide bonds. The second-order valence-electron chi connectivity index (χ2n) is 8.67. The second-order valence-corrected chi connectivity index (χ2v) is 8.67. The van der Waals surface area contributed by atoms with Crippen LogP contribution in [0.5, 0.6) is 11.5 Å². The number of nitrogens with zero attached hydrogens (tertiary/aromatic N) is 2. The monoisotopic (exact) mass is 416 g/mol. The maximum atomic E-state index is 13.7. The third-order valence-electron chi connectivity index (χ3n) is 6.18. The molecule has 1 aliphatic carbocycles. The molecule has 0 radical (unpaired) electrons. The van der Waals surface area contributed by atoms with Crippen molar-refractivity contribution in [3.63, 3.8) is 0 Å². The molecule has 0 N–H and O–H groups in total. The first-order valence-corrected chi connectivity index (χ1v) is 11.4. The summed E-state index contributed by atoms with van der Waals surface area (Å²) in [5.74, 6) is 1.30. The third kappa shape index (κ3) is 4.73. The molecular formula is C24H36N2O4. The van der Waals surface area contributed by atoms with Gasteiger partial charge in [0.05, 0.1) is 13.7 Å². The molecular weight excluding hydrogens is 380 g/mol. The van der Waals surface area contributed by atoms with Crippen LogP contribution in [0.4, 0.5) is 0 Å². The summed E-state index contributed by atoms with van der Waals surface area (Å²) in [6.07, 6.45) is 7.55. The lowest BCUT2D eigenvalue weighted by Crippen LogP contribution is -2.59. The molecule has 6 nitrogen and oxygen atoms in total. The number of carbonyl (C=O) groups excluding carboxylic acids is 2. The first-order chi connectivity index (χ1) is 14.5. The van der Waals surface area contributed by atoms with Crippen LogP contribution in [-0.2, 0) is 9.59 Å². The van der Waals surface area contributed by atoms with Crippen molar-refractivity contribution in [3.8, 4) is 11.5 Å². The van der Waals surface area contributed by atoms with E-state index in [-0.39, 0.29) is 30.4 Å². The normalized spacial score (nSPS) is 21.2. The number of rotatable bonds is 7. The minimum Gasteiger partial charge on any atom is -0.493 e.